The van der Waals surface area contributed by atoms with Gasteiger partial charge in [-0.25, -0.2) is 9.78 Å². The number of carbonyl (C=O) groups is 2. The maximum absolute atomic E-state index is 11.8. The summed E-state index contributed by atoms with van der Waals surface area (Å²) in [5.74, 6) is -1.22. The molecule has 1 N–H and O–H groups in total. The number of rotatable bonds is 5. The van der Waals surface area contributed by atoms with Crippen molar-refractivity contribution in [3.63, 3.8) is 0 Å². The number of carbonyl (C=O) groups excluding carboxylic acids is 2. The van der Waals surface area contributed by atoms with Crippen LogP contribution in [0.25, 0.3) is 6.08 Å². The molecule has 2 rings (SSSR count). The second-order valence-electron chi connectivity index (χ2n) is 4.15. The van der Waals surface area contributed by atoms with Crippen LogP contribution in [-0.2, 0) is 14.3 Å². The van der Waals surface area contributed by atoms with Gasteiger partial charge >= 0.3 is 5.97 Å². The van der Waals surface area contributed by atoms with Gasteiger partial charge in [-0.2, -0.15) is 5.26 Å². The maximum Gasteiger partial charge on any atom is 0.349 e. The van der Waals surface area contributed by atoms with Crippen molar-refractivity contribution in [3.05, 3.63) is 53.2 Å². The van der Waals surface area contributed by atoms with Crippen LogP contribution in [0.3, 0.4) is 0 Å². The number of hydrogen-bond donors (Lipinski definition) is 1. The quantitative estimate of drug-likeness (QED) is 0.390. The van der Waals surface area contributed by atoms with Crippen molar-refractivity contribution in [1.29, 1.82) is 5.26 Å². The fraction of sp³-hybridized carbons (Fsp3) is 0.0667. The van der Waals surface area contributed by atoms with E-state index in [9.17, 15) is 9.59 Å². The normalized spacial score (nSPS) is 10.7. The molecule has 0 aromatic carbocycles. The van der Waals surface area contributed by atoms with E-state index in [0.29, 0.717) is 11.4 Å². The summed E-state index contributed by atoms with van der Waals surface area (Å²) in [6.45, 7) is -0.568. The van der Waals surface area contributed by atoms with Crippen molar-refractivity contribution < 1.29 is 18.7 Å². The van der Waals surface area contributed by atoms with E-state index in [2.05, 4.69) is 10.3 Å². The molecule has 0 spiro atoms. The molecule has 2 aromatic rings. The lowest BCUT2D eigenvalue weighted by atomic mass is 10.2. The van der Waals surface area contributed by atoms with Crippen LogP contribution in [0.2, 0.25) is 5.15 Å². The Labute approximate surface area is 136 Å². The van der Waals surface area contributed by atoms with Gasteiger partial charge in [-0.15, -0.1) is 0 Å². The molecule has 23 heavy (non-hydrogen) atoms. The molecule has 0 aliphatic heterocycles. The molecule has 7 nitrogen and oxygen atoms in total. The number of amides is 1. The van der Waals surface area contributed by atoms with Gasteiger partial charge < -0.3 is 14.5 Å². The van der Waals surface area contributed by atoms with Crippen molar-refractivity contribution in [1.82, 2.24) is 4.98 Å². The fourth-order valence-corrected chi connectivity index (χ4v) is 1.69. The lowest BCUT2D eigenvalue weighted by Gasteiger charge is -2.06. The van der Waals surface area contributed by atoms with Crippen LogP contribution in [0.5, 0.6) is 0 Å². The molecule has 0 atom stereocenters. The first-order valence-corrected chi connectivity index (χ1v) is 6.70. The first-order chi connectivity index (χ1) is 11.1. The van der Waals surface area contributed by atoms with Crippen molar-refractivity contribution in [2.24, 2.45) is 0 Å². The fourth-order valence-electron chi connectivity index (χ4n) is 1.53. The van der Waals surface area contributed by atoms with Gasteiger partial charge in [0, 0.05) is 12.3 Å². The van der Waals surface area contributed by atoms with E-state index in [1.165, 1.54) is 18.5 Å². The first-order valence-electron chi connectivity index (χ1n) is 6.33. The molecule has 0 aliphatic rings. The Balaban J connectivity index is 1.92. The highest BCUT2D eigenvalue weighted by molar-refractivity contribution is 6.32. The number of pyridine rings is 1. The van der Waals surface area contributed by atoms with Gasteiger partial charge in [0.2, 0.25) is 0 Å². The molecule has 0 radical (unpaired) electrons. The molecule has 0 aliphatic carbocycles. The molecule has 0 unspecified atom stereocenters. The molecule has 0 fully saturated rings. The summed E-state index contributed by atoms with van der Waals surface area (Å²) in [6.07, 6.45) is 4.09. The number of nitriles is 1. The number of esters is 1. The number of nitrogens with zero attached hydrogens (tertiary/aromatic N) is 2. The Bertz CT molecular complexity index is 778. The van der Waals surface area contributed by atoms with Crippen LogP contribution >= 0.6 is 11.6 Å². The molecule has 0 bridgehead atoms. The number of hydrogen-bond acceptors (Lipinski definition) is 6. The van der Waals surface area contributed by atoms with E-state index < -0.39 is 18.5 Å². The topological polar surface area (TPSA) is 105 Å². The standard InChI is InChI=1S/C15H10ClN3O4/c16-14-12(4-1-5-18-14)19-13(20)9-23-15(21)10(8-17)7-11-3-2-6-22-11/h1-7H,9H2,(H,19,20)/b10-7+. The summed E-state index contributed by atoms with van der Waals surface area (Å²) in [6, 6.07) is 8.00. The lowest BCUT2D eigenvalue weighted by molar-refractivity contribution is -0.142. The van der Waals surface area contributed by atoms with Gasteiger partial charge in [0.25, 0.3) is 5.91 Å². The Hall–Kier alpha value is -3.11. The smallest absolute Gasteiger partial charge is 0.349 e. The molecule has 0 saturated carbocycles. The summed E-state index contributed by atoms with van der Waals surface area (Å²) in [4.78, 5) is 27.2. The van der Waals surface area contributed by atoms with Crippen molar-refractivity contribution in [2.45, 2.75) is 0 Å². The highest BCUT2D eigenvalue weighted by Crippen LogP contribution is 2.17. The van der Waals surface area contributed by atoms with E-state index in [1.54, 1.807) is 30.3 Å². The van der Waals surface area contributed by atoms with Crippen molar-refractivity contribution in [3.8, 4) is 6.07 Å². The predicted molar refractivity (Wildman–Crippen MR) is 81.1 cm³/mol. The molecule has 1 amide bonds. The van der Waals surface area contributed by atoms with Gasteiger partial charge in [-0.1, -0.05) is 11.6 Å². The third-order valence-corrected chi connectivity index (χ3v) is 2.84. The summed E-state index contributed by atoms with van der Waals surface area (Å²) < 4.78 is 9.77. The number of aromatic nitrogens is 1. The van der Waals surface area contributed by atoms with E-state index in [0.717, 1.165) is 0 Å². The molecule has 116 valence electrons. The largest absolute Gasteiger partial charge is 0.465 e. The van der Waals surface area contributed by atoms with Gasteiger partial charge in [0.15, 0.2) is 11.8 Å². The van der Waals surface area contributed by atoms with Crippen LogP contribution in [-0.4, -0.2) is 23.5 Å². The van der Waals surface area contributed by atoms with Crippen molar-refractivity contribution in [2.75, 3.05) is 11.9 Å². The highest BCUT2D eigenvalue weighted by Gasteiger charge is 2.14. The second-order valence-corrected chi connectivity index (χ2v) is 4.51. The molecule has 2 aromatic heterocycles. The average molecular weight is 332 g/mol. The van der Waals surface area contributed by atoms with Crippen LogP contribution in [0.15, 0.2) is 46.7 Å². The zero-order valence-electron chi connectivity index (χ0n) is 11.7. The zero-order valence-corrected chi connectivity index (χ0v) is 12.4. The lowest BCUT2D eigenvalue weighted by Crippen LogP contribution is -2.21. The minimum atomic E-state index is -0.934. The zero-order chi connectivity index (χ0) is 16.7. The summed E-state index contributed by atoms with van der Waals surface area (Å²) in [5, 5.41) is 11.5. The Morgan fingerprint density at radius 2 is 2.26 bits per heavy atom. The number of furan rings is 1. The molecular formula is C15H10ClN3O4. The van der Waals surface area contributed by atoms with Crippen molar-refractivity contribution >= 4 is 35.2 Å². The third-order valence-electron chi connectivity index (χ3n) is 2.54. The maximum atomic E-state index is 11.8. The summed E-state index contributed by atoms with van der Waals surface area (Å²) >= 11 is 5.79. The molecule has 0 saturated heterocycles. The summed E-state index contributed by atoms with van der Waals surface area (Å²) in [5.41, 5.74) is 0.00834. The van der Waals surface area contributed by atoms with Crippen LogP contribution < -0.4 is 5.32 Å². The Kier molecular flexibility index (Phi) is 5.50. The van der Waals surface area contributed by atoms with Crippen LogP contribution in [0.4, 0.5) is 5.69 Å². The van der Waals surface area contributed by atoms with Gasteiger partial charge in [0.05, 0.1) is 12.0 Å². The number of halogens is 1. The molecule has 8 heteroatoms. The summed E-state index contributed by atoms with van der Waals surface area (Å²) in [7, 11) is 0. The second kappa shape index (κ2) is 7.77. The van der Waals surface area contributed by atoms with E-state index in [4.69, 9.17) is 26.0 Å². The average Bonchev–Trinajstić information content (AvgIpc) is 3.05. The predicted octanol–water partition coefficient (Wildman–Crippen LogP) is 2.42. The van der Waals surface area contributed by atoms with E-state index in [1.807, 2.05) is 0 Å². The van der Waals surface area contributed by atoms with E-state index >= 15 is 0 Å². The van der Waals surface area contributed by atoms with Gasteiger partial charge in [-0.3, -0.25) is 4.79 Å². The highest BCUT2D eigenvalue weighted by atomic mass is 35.5. The SMILES string of the molecule is N#C/C(=C\c1ccco1)C(=O)OCC(=O)Nc1cccnc1Cl. The third kappa shape index (κ3) is 4.69. The Morgan fingerprint density at radius 1 is 1.43 bits per heavy atom. The Morgan fingerprint density at radius 3 is 2.91 bits per heavy atom. The first kappa shape index (κ1) is 16.3. The molecular weight excluding hydrogens is 322 g/mol. The minimum Gasteiger partial charge on any atom is -0.465 e. The number of ether oxygens (including phenoxy) is 1. The van der Waals surface area contributed by atoms with Gasteiger partial charge in [-0.05, 0) is 24.3 Å². The van der Waals surface area contributed by atoms with Crippen LogP contribution in [0, 0.1) is 11.3 Å². The molecule has 2 heterocycles. The monoisotopic (exact) mass is 331 g/mol. The minimum absolute atomic E-state index is 0.114. The van der Waals surface area contributed by atoms with Crippen LogP contribution in [0.1, 0.15) is 5.76 Å². The number of anilines is 1. The number of nitrogens with one attached hydrogen (secondary N) is 1. The van der Waals surface area contributed by atoms with Gasteiger partial charge in [0.1, 0.15) is 17.4 Å². The van der Waals surface area contributed by atoms with E-state index in [-0.39, 0.29) is 10.7 Å².